The van der Waals surface area contributed by atoms with Crippen LogP contribution in [-0.4, -0.2) is 13.7 Å². The predicted octanol–water partition coefficient (Wildman–Crippen LogP) is 9.12. The van der Waals surface area contributed by atoms with Crippen molar-refractivity contribution in [3.8, 4) is 11.4 Å². The Morgan fingerprint density at radius 2 is 1.05 bits per heavy atom. The number of rotatable bonds is 3. The molecule has 37 heavy (non-hydrogen) atoms. The van der Waals surface area contributed by atoms with Crippen molar-refractivity contribution in [1.82, 2.24) is 9.13 Å². The SMILES string of the molecule is Cc1cc(C)c(-n2ccn(-c3c(C)cc(C)cc3C)[c]2=[Ru]([Cl])([Cl])=[CH]c2ccc3ccccc3c2)c(C)c1. The summed E-state index contributed by atoms with van der Waals surface area (Å²) in [4.78, 5) is 0. The van der Waals surface area contributed by atoms with Crippen molar-refractivity contribution in [3.05, 3.63) is 122 Å². The maximum atomic E-state index is 7.51. The molecule has 0 aliphatic carbocycles. The average Bonchev–Trinajstić information content (AvgIpc) is 3.22. The van der Waals surface area contributed by atoms with Crippen LogP contribution in [0.3, 0.4) is 0 Å². The zero-order valence-corrected chi connectivity index (χ0v) is 25.3. The van der Waals surface area contributed by atoms with Gasteiger partial charge in [-0.05, 0) is 0 Å². The van der Waals surface area contributed by atoms with Crippen LogP contribution in [-0.2, 0) is 11.9 Å². The monoisotopic (exact) mass is 616 g/mol. The molecule has 0 N–H and O–H groups in total. The summed E-state index contributed by atoms with van der Waals surface area (Å²) in [6.07, 6.45) is 4.24. The number of nitrogens with zero attached hydrogens (tertiary/aromatic N) is 2. The van der Waals surface area contributed by atoms with Gasteiger partial charge in [-0.3, -0.25) is 0 Å². The van der Waals surface area contributed by atoms with Gasteiger partial charge in [0.05, 0.1) is 0 Å². The molecule has 0 atom stereocenters. The van der Waals surface area contributed by atoms with Crippen LogP contribution in [0.2, 0.25) is 0 Å². The number of hydrogen-bond donors (Lipinski definition) is 0. The van der Waals surface area contributed by atoms with E-state index in [-0.39, 0.29) is 0 Å². The van der Waals surface area contributed by atoms with Crippen molar-refractivity contribution in [2.45, 2.75) is 41.5 Å². The van der Waals surface area contributed by atoms with E-state index in [1.165, 1.54) is 44.2 Å². The van der Waals surface area contributed by atoms with Crippen molar-refractivity contribution in [3.63, 3.8) is 0 Å². The Kier molecular flexibility index (Phi) is 7.01. The summed E-state index contributed by atoms with van der Waals surface area (Å²) in [6, 6.07) is 23.7. The maximum absolute atomic E-state index is 7.51. The van der Waals surface area contributed by atoms with Gasteiger partial charge in [-0.2, -0.15) is 0 Å². The first-order chi connectivity index (χ1) is 17.5. The van der Waals surface area contributed by atoms with E-state index in [0.29, 0.717) is 0 Å². The van der Waals surface area contributed by atoms with E-state index in [9.17, 15) is 0 Å². The molecule has 0 bridgehead atoms. The summed E-state index contributed by atoms with van der Waals surface area (Å²) < 4.78 is 7.52. The van der Waals surface area contributed by atoms with Gasteiger partial charge >= 0.3 is 231 Å². The third kappa shape index (κ3) is 4.98. The molecule has 0 amide bonds. The topological polar surface area (TPSA) is 9.86 Å². The minimum atomic E-state index is -3.60. The number of imidazole rings is 1. The van der Waals surface area contributed by atoms with E-state index in [2.05, 4.69) is 134 Å². The quantitative estimate of drug-likeness (QED) is 0.179. The van der Waals surface area contributed by atoms with Crippen molar-refractivity contribution in [1.29, 1.82) is 0 Å². The second kappa shape index (κ2) is 9.95. The van der Waals surface area contributed by atoms with Gasteiger partial charge in [0.2, 0.25) is 0 Å². The standard InChI is InChI=1S/C21H24N2.C11H8.2ClH.Ru/c1-14-9-16(3)20(17(4)10-14)22-7-8-23(13-22)21-18(5)11-15(2)12-19(21)6;1-9-6-7-10-4-2-3-5-11(10)8-9;;;/h7-12H,1-6H3;1-8H;2*1H;/q;;;;+2/p-2. The first kappa shape index (κ1) is 26.0. The van der Waals surface area contributed by atoms with E-state index in [1.54, 1.807) is 0 Å². The Labute approximate surface area is 229 Å². The molecule has 5 rings (SSSR count). The van der Waals surface area contributed by atoms with E-state index in [4.69, 9.17) is 19.4 Å². The summed E-state index contributed by atoms with van der Waals surface area (Å²) in [5, 5.41) is 2.38. The van der Waals surface area contributed by atoms with Gasteiger partial charge in [0, 0.05) is 0 Å². The van der Waals surface area contributed by atoms with Crippen molar-refractivity contribution >= 4 is 34.8 Å². The molecule has 1 aromatic heterocycles. The second-order valence-electron chi connectivity index (χ2n) is 9.94. The minimum absolute atomic E-state index is 0.942. The fraction of sp³-hybridized carbons (Fsp3) is 0.188. The zero-order valence-electron chi connectivity index (χ0n) is 22.1. The van der Waals surface area contributed by atoms with Crippen LogP contribution in [0.1, 0.15) is 38.9 Å². The molecule has 0 saturated carbocycles. The molecule has 4 aromatic carbocycles. The van der Waals surface area contributed by atoms with Crippen LogP contribution in [0.25, 0.3) is 22.1 Å². The van der Waals surface area contributed by atoms with E-state index < -0.39 is 11.9 Å². The van der Waals surface area contributed by atoms with Crippen LogP contribution >= 0.6 is 19.4 Å². The van der Waals surface area contributed by atoms with Gasteiger partial charge in [0.1, 0.15) is 0 Å². The molecule has 0 radical (unpaired) electrons. The van der Waals surface area contributed by atoms with Gasteiger partial charge in [-0.25, -0.2) is 0 Å². The van der Waals surface area contributed by atoms with E-state index >= 15 is 0 Å². The second-order valence-corrected chi connectivity index (χ2v) is 19.2. The first-order valence-corrected chi connectivity index (χ1v) is 18.7. The fourth-order valence-electron chi connectivity index (χ4n) is 5.49. The Balaban J connectivity index is 1.94. The van der Waals surface area contributed by atoms with Crippen LogP contribution in [0.4, 0.5) is 0 Å². The zero-order chi connectivity index (χ0) is 26.5. The molecule has 2 nitrogen and oxygen atoms in total. The number of hydrogen-bond acceptors (Lipinski definition) is 0. The Bertz CT molecular complexity index is 1710. The predicted molar refractivity (Wildman–Crippen MR) is 158 cm³/mol. The molecule has 0 spiro atoms. The van der Waals surface area contributed by atoms with Crippen LogP contribution in [0.15, 0.2) is 79.1 Å². The van der Waals surface area contributed by atoms with E-state index in [0.717, 1.165) is 21.0 Å². The third-order valence-corrected chi connectivity index (χ3v) is 12.1. The molecular weight excluding hydrogens is 584 g/mol. The number of halogens is 2. The number of fused-ring (bicyclic) bond motifs is 1. The van der Waals surface area contributed by atoms with Crippen molar-refractivity contribution < 1.29 is 11.9 Å². The van der Waals surface area contributed by atoms with Gasteiger partial charge in [-0.1, -0.05) is 0 Å². The number of aryl methyl sites for hydroxylation is 6. The first-order valence-electron chi connectivity index (χ1n) is 12.3. The normalized spacial score (nSPS) is 12.2. The summed E-state index contributed by atoms with van der Waals surface area (Å²) in [5.74, 6) is 0. The van der Waals surface area contributed by atoms with Gasteiger partial charge < -0.3 is 0 Å². The molecule has 0 fully saturated rings. The third-order valence-electron chi connectivity index (χ3n) is 6.73. The molecule has 192 valence electrons. The summed E-state index contributed by atoms with van der Waals surface area (Å²) >= 11 is -3.60. The molecule has 0 aliphatic rings. The Morgan fingerprint density at radius 3 is 1.54 bits per heavy atom. The summed E-state index contributed by atoms with van der Waals surface area (Å²) in [6.45, 7) is 12.9. The Morgan fingerprint density at radius 1 is 0.595 bits per heavy atom. The van der Waals surface area contributed by atoms with Gasteiger partial charge in [0.15, 0.2) is 0 Å². The fourth-order valence-corrected chi connectivity index (χ4v) is 11.1. The summed E-state index contributed by atoms with van der Waals surface area (Å²) in [5.41, 5.74) is 10.6. The molecule has 1 heterocycles. The molecule has 0 saturated heterocycles. The average molecular weight is 617 g/mol. The molecular formula is C32H32Cl2N2Ru. The van der Waals surface area contributed by atoms with Crippen LogP contribution < -0.4 is 0 Å². The molecule has 0 aliphatic heterocycles. The molecule has 0 unspecified atom stereocenters. The van der Waals surface area contributed by atoms with Gasteiger partial charge in [0.25, 0.3) is 0 Å². The van der Waals surface area contributed by atoms with Crippen molar-refractivity contribution in [2.75, 3.05) is 0 Å². The number of benzene rings is 4. The molecule has 5 heteroatoms. The van der Waals surface area contributed by atoms with Crippen molar-refractivity contribution in [2.24, 2.45) is 0 Å². The van der Waals surface area contributed by atoms with E-state index in [1.807, 2.05) is 0 Å². The molecule has 5 aromatic rings. The number of aromatic nitrogens is 2. The Hall–Kier alpha value is -2.58. The van der Waals surface area contributed by atoms with Gasteiger partial charge in [-0.15, -0.1) is 0 Å². The summed E-state index contributed by atoms with van der Waals surface area (Å²) in [7, 11) is 15.0. The van der Waals surface area contributed by atoms with Crippen LogP contribution in [0.5, 0.6) is 0 Å². The van der Waals surface area contributed by atoms with Crippen LogP contribution in [0, 0.1) is 45.6 Å².